The van der Waals surface area contributed by atoms with Gasteiger partial charge in [0.25, 0.3) is 5.91 Å². The van der Waals surface area contributed by atoms with Crippen molar-refractivity contribution in [1.82, 2.24) is 30.0 Å². The highest BCUT2D eigenvalue weighted by molar-refractivity contribution is 6.06. The lowest BCUT2D eigenvalue weighted by atomic mass is 9.96. The zero-order valence-corrected chi connectivity index (χ0v) is 22.4. The van der Waals surface area contributed by atoms with Crippen LogP contribution in [-0.2, 0) is 7.05 Å². The van der Waals surface area contributed by atoms with Crippen LogP contribution in [0.15, 0.2) is 91.5 Å². The highest BCUT2D eigenvalue weighted by atomic mass is 16.1. The van der Waals surface area contributed by atoms with Crippen LogP contribution in [0.2, 0.25) is 0 Å². The molecule has 1 amide bonds. The van der Waals surface area contributed by atoms with Crippen molar-refractivity contribution < 1.29 is 4.79 Å². The summed E-state index contributed by atoms with van der Waals surface area (Å²) in [6.45, 7) is 3.78. The molecular formula is C33H26N6O. The van der Waals surface area contributed by atoms with E-state index < -0.39 is 6.04 Å². The number of carbonyl (C=O) groups excluding carboxylic acids is 1. The quantitative estimate of drug-likeness (QED) is 0.297. The fourth-order valence-corrected chi connectivity index (χ4v) is 4.87. The molecule has 0 bridgehead atoms. The van der Waals surface area contributed by atoms with Crippen LogP contribution in [0.4, 0.5) is 0 Å². The Kier molecular flexibility index (Phi) is 6.51. The zero-order valence-electron chi connectivity index (χ0n) is 22.4. The molecule has 0 aliphatic carbocycles. The third-order valence-electron chi connectivity index (χ3n) is 6.84. The van der Waals surface area contributed by atoms with E-state index >= 15 is 0 Å². The number of nitrogens with zero attached hydrogens (tertiary/aromatic N) is 5. The second kappa shape index (κ2) is 10.4. The van der Waals surface area contributed by atoms with E-state index in [4.69, 9.17) is 4.98 Å². The number of aryl methyl sites for hydroxylation is 2. The van der Waals surface area contributed by atoms with Gasteiger partial charge in [0.2, 0.25) is 0 Å². The van der Waals surface area contributed by atoms with E-state index in [9.17, 15) is 4.79 Å². The topological polar surface area (TPSA) is 85.6 Å². The van der Waals surface area contributed by atoms with Crippen molar-refractivity contribution >= 4 is 27.7 Å². The number of carbonyl (C=O) groups is 1. The lowest BCUT2D eigenvalue weighted by Gasteiger charge is -2.19. The lowest BCUT2D eigenvalue weighted by molar-refractivity contribution is 0.0940. The average Bonchev–Trinajstić information content (AvgIpc) is 3.40. The first-order valence-corrected chi connectivity index (χ1v) is 13.0. The molecule has 7 nitrogen and oxygen atoms in total. The number of pyridine rings is 3. The first-order chi connectivity index (χ1) is 19.5. The van der Waals surface area contributed by atoms with Crippen molar-refractivity contribution in [2.24, 2.45) is 7.05 Å². The predicted octanol–water partition coefficient (Wildman–Crippen LogP) is 5.78. The average molecular weight is 523 g/mol. The maximum atomic E-state index is 13.6. The number of fused-ring (bicyclic) bond motifs is 2. The third-order valence-corrected chi connectivity index (χ3v) is 6.84. The van der Waals surface area contributed by atoms with Gasteiger partial charge in [0, 0.05) is 47.5 Å². The first-order valence-electron chi connectivity index (χ1n) is 13.0. The molecule has 7 heteroatoms. The third kappa shape index (κ3) is 4.79. The molecule has 1 N–H and O–H groups in total. The Balaban J connectivity index is 1.44. The normalized spacial score (nSPS) is 11.7. The van der Waals surface area contributed by atoms with Crippen LogP contribution in [-0.4, -0.2) is 30.6 Å². The van der Waals surface area contributed by atoms with Gasteiger partial charge in [-0.05, 0) is 49.7 Å². The number of benzene rings is 2. The summed E-state index contributed by atoms with van der Waals surface area (Å²) in [6.07, 6.45) is 7.06. The molecule has 194 valence electrons. The minimum Gasteiger partial charge on any atom is -0.344 e. The first kappa shape index (κ1) is 25.0. The summed E-state index contributed by atoms with van der Waals surface area (Å²) in [4.78, 5) is 27.6. The van der Waals surface area contributed by atoms with E-state index in [0.29, 0.717) is 16.8 Å². The van der Waals surface area contributed by atoms with E-state index in [2.05, 4.69) is 38.3 Å². The summed E-state index contributed by atoms with van der Waals surface area (Å²) in [5, 5.41) is 9.13. The Hall–Kier alpha value is -5.35. The SMILES string of the molecule is Cc1ncc2cccnc2c1C(=O)NC(C)c1nc2cccc(C#Cc3cnn(C)c3)c2cc1-c1ccccc1. The predicted molar refractivity (Wildman–Crippen MR) is 157 cm³/mol. The molecule has 40 heavy (non-hydrogen) atoms. The van der Waals surface area contributed by atoms with E-state index in [-0.39, 0.29) is 5.91 Å². The van der Waals surface area contributed by atoms with Crippen molar-refractivity contribution in [2.45, 2.75) is 19.9 Å². The van der Waals surface area contributed by atoms with Crippen molar-refractivity contribution in [3.8, 4) is 23.0 Å². The van der Waals surface area contributed by atoms with Crippen LogP contribution in [0, 0.1) is 18.8 Å². The monoisotopic (exact) mass is 522 g/mol. The van der Waals surface area contributed by atoms with E-state index in [1.165, 1.54) is 0 Å². The number of hydrogen-bond donors (Lipinski definition) is 1. The van der Waals surface area contributed by atoms with Crippen LogP contribution in [0.1, 0.15) is 45.8 Å². The van der Waals surface area contributed by atoms with Gasteiger partial charge in [-0.25, -0.2) is 4.98 Å². The highest BCUT2D eigenvalue weighted by Gasteiger charge is 2.22. The van der Waals surface area contributed by atoms with Crippen molar-refractivity contribution in [1.29, 1.82) is 0 Å². The fraction of sp³-hybridized carbons (Fsp3) is 0.121. The summed E-state index contributed by atoms with van der Waals surface area (Å²) < 4.78 is 1.73. The molecule has 6 rings (SSSR count). The van der Waals surface area contributed by atoms with Crippen LogP contribution in [0.25, 0.3) is 32.9 Å². The molecule has 0 aliphatic heterocycles. The Bertz CT molecular complexity index is 1950. The molecule has 4 aromatic heterocycles. The summed E-state index contributed by atoms with van der Waals surface area (Å²) in [6, 6.07) is 21.5. The highest BCUT2D eigenvalue weighted by Crippen LogP contribution is 2.32. The van der Waals surface area contributed by atoms with Crippen LogP contribution < -0.4 is 5.32 Å². The smallest absolute Gasteiger partial charge is 0.255 e. The maximum absolute atomic E-state index is 13.6. The molecule has 6 aromatic rings. The molecule has 1 atom stereocenters. The summed E-state index contributed by atoms with van der Waals surface area (Å²) >= 11 is 0. The molecule has 0 saturated carbocycles. The van der Waals surface area contributed by atoms with Gasteiger partial charge in [-0.3, -0.25) is 19.4 Å². The maximum Gasteiger partial charge on any atom is 0.255 e. The van der Waals surface area contributed by atoms with Gasteiger partial charge >= 0.3 is 0 Å². The molecule has 0 saturated heterocycles. The van der Waals surface area contributed by atoms with Crippen molar-refractivity contribution in [3.05, 3.63) is 120 Å². The second-order valence-corrected chi connectivity index (χ2v) is 9.67. The summed E-state index contributed by atoms with van der Waals surface area (Å²) in [5.74, 6) is 6.26. The molecule has 0 aliphatic rings. The van der Waals surface area contributed by atoms with Crippen molar-refractivity contribution in [2.75, 3.05) is 0 Å². The van der Waals surface area contributed by atoms with E-state index in [1.807, 2.05) is 87.8 Å². The van der Waals surface area contributed by atoms with Crippen LogP contribution in [0.5, 0.6) is 0 Å². The fourth-order valence-electron chi connectivity index (χ4n) is 4.87. The zero-order chi connectivity index (χ0) is 27.6. The van der Waals surface area contributed by atoms with Gasteiger partial charge in [0.05, 0.1) is 45.8 Å². The molecule has 0 radical (unpaired) electrons. The standard InChI is InChI=1S/C33H26N6O/c1-21-30(32-26(19-35-21)12-8-16-34-32)33(40)37-22(2)31-28(24-9-5-4-6-10-24)17-27-25(11-7-13-29(27)38-31)15-14-23-18-36-39(3)20-23/h4-13,16-20,22H,1-3H3,(H,37,40). The van der Waals surface area contributed by atoms with Gasteiger partial charge in [-0.15, -0.1) is 0 Å². The minimum atomic E-state index is -0.393. The van der Waals surface area contributed by atoms with Crippen molar-refractivity contribution in [3.63, 3.8) is 0 Å². The second-order valence-electron chi connectivity index (χ2n) is 9.67. The Morgan fingerprint density at radius 3 is 2.62 bits per heavy atom. The molecule has 0 spiro atoms. The lowest BCUT2D eigenvalue weighted by Crippen LogP contribution is -2.29. The van der Waals surface area contributed by atoms with E-state index in [0.717, 1.165) is 44.2 Å². The van der Waals surface area contributed by atoms with Crippen LogP contribution >= 0.6 is 0 Å². The molecule has 1 unspecified atom stereocenters. The molecular weight excluding hydrogens is 496 g/mol. The Labute approximate surface area is 231 Å². The van der Waals surface area contributed by atoms with Crippen LogP contribution in [0.3, 0.4) is 0 Å². The number of amides is 1. The number of aromatic nitrogens is 5. The van der Waals surface area contributed by atoms with Gasteiger partial charge < -0.3 is 5.32 Å². The number of rotatable bonds is 4. The minimum absolute atomic E-state index is 0.237. The largest absolute Gasteiger partial charge is 0.344 e. The van der Waals surface area contributed by atoms with Gasteiger partial charge in [0.15, 0.2) is 0 Å². The Morgan fingerprint density at radius 1 is 0.975 bits per heavy atom. The molecule has 4 heterocycles. The van der Waals surface area contributed by atoms with Gasteiger partial charge in [-0.1, -0.05) is 48.2 Å². The molecule has 0 fully saturated rings. The van der Waals surface area contributed by atoms with E-state index in [1.54, 1.807) is 23.3 Å². The van der Waals surface area contributed by atoms with Gasteiger partial charge in [-0.2, -0.15) is 5.10 Å². The summed E-state index contributed by atoms with van der Waals surface area (Å²) in [5.41, 5.74) is 6.96. The molecule has 2 aromatic carbocycles. The Morgan fingerprint density at radius 2 is 1.82 bits per heavy atom. The number of hydrogen-bond acceptors (Lipinski definition) is 5. The number of nitrogens with one attached hydrogen (secondary N) is 1. The summed E-state index contributed by atoms with van der Waals surface area (Å²) in [7, 11) is 1.87. The van der Waals surface area contributed by atoms with Gasteiger partial charge in [0.1, 0.15) is 0 Å².